The van der Waals surface area contributed by atoms with Crippen LogP contribution in [0.5, 0.6) is 5.75 Å². The molecule has 0 aliphatic rings. The number of rotatable bonds is 3. The highest BCUT2D eigenvalue weighted by Crippen LogP contribution is 2.32. The quantitative estimate of drug-likeness (QED) is 0.836. The van der Waals surface area contributed by atoms with Crippen molar-refractivity contribution >= 4 is 5.97 Å². The number of esters is 1. The van der Waals surface area contributed by atoms with Crippen LogP contribution in [0.15, 0.2) is 12.1 Å². The number of hydrogen-bond donors (Lipinski definition) is 1. The number of phenolic OH excluding ortho intramolecular Hbond substituents is 1. The van der Waals surface area contributed by atoms with E-state index in [0.717, 1.165) is 24.0 Å². The third kappa shape index (κ3) is 3.03. The molecule has 0 amide bonds. The minimum atomic E-state index is -0.490. The Kier molecular flexibility index (Phi) is 4.38. The number of benzene rings is 1. The average Bonchev–Trinajstić information content (AvgIpc) is 2.29. The van der Waals surface area contributed by atoms with E-state index in [4.69, 9.17) is 4.74 Å². The first kappa shape index (κ1) is 14.6. The predicted octanol–water partition coefficient (Wildman–Crippen LogP) is 3.43. The zero-order chi connectivity index (χ0) is 13.9. The van der Waals surface area contributed by atoms with Gasteiger partial charge in [0.05, 0.1) is 7.11 Å². The van der Waals surface area contributed by atoms with Gasteiger partial charge in [-0.1, -0.05) is 40.2 Å². The monoisotopic (exact) mass is 250 g/mol. The zero-order valence-corrected chi connectivity index (χ0v) is 11.8. The van der Waals surface area contributed by atoms with Crippen molar-refractivity contribution in [2.45, 2.75) is 46.0 Å². The van der Waals surface area contributed by atoms with Crippen LogP contribution in [0.3, 0.4) is 0 Å². The van der Waals surface area contributed by atoms with Gasteiger partial charge in [0.1, 0.15) is 11.3 Å². The fourth-order valence-electron chi connectivity index (χ4n) is 1.85. The first-order valence-corrected chi connectivity index (χ1v) is 6.26. The Bertz CT molecular complexity index is 442. The van der Waals surface area contributed by atoms with Gasteiger partial charge in [0.2, 0.25) is 0 Å². The standard InChI is InChI=1S/C15H22O3/c1-6-7-10-8-11(15(2,3)4)9-12(13(10)16)14(17)18-5/h8-9,16H,6-7H2,1-5H3. The molecule has 0 bridgehead atoms. The van der Waals surface area contributed by atoms with Crippen molar-refractivity contribution in [3.05, 3.63) is 28.8 Å². The highest BCUT2D eigenvalue weighted by molar-refractivity contribution is 5.93. The second-order valence-corrected chi connectivity index (χ2v) is 5.52. The molecule has 0 aliphatic carbocycles. The van der Waals surface area contributed by atoms with Crippen molar-refractivity contribution in [2.75, 3.05) is 7.11 Å². The fraction of sp³-hybridized carbons (Fsp3) is 0.533. The van der Waals surface area contributed by atoms with Gasteiger partial charge >= 0.3 is 5.97 Å². The van der Waals surface area contributed by atoms with Crippen LogP contribution in [0.1, 0.15) is 55.6 Å². The third-order valence-corrected chi connectivity index (χ3v) is 2.98. The van der Waals surface area contributed by atoms with Crippen molar-refractivity contribution in [1.29, 1.82) is 0 Å². The Labute approximate surface area is 109 Å². The zero-order valence-electron chi connectivity index (χ0n) is 11.8. The third-order valence-electron chi connectivity index (χ3n) is 2.98. The molecule has 0 aromatic heterocycles. The molecule has 0 saturated carbocycles. The van der Waals surface area contributed by atoms with Gasteiger partial charge in [-0.3, -0.25) is 0 Å². The largest absolute Gasteiger partial charge is 0.507 e. The van der Waals surface area contributed by atoms with Crippen molar-refractivity contribution in [1.82, 2.24) is 0 Å². The molecule has 0 spiro atoms. The molecular formula is C15H22O3. The lowest BCUT2D eigenvalue weighted by Crippen LogP contribution is -2.14. The van der Waals surface area contributed by atoms with Gasteiger partial charge in [-0.2, -0.15) is 0 Å². The second-order valence-electron chi connectivity index (χ2n) is 5.52. The van der Waals surface area contributed by atoms with E-state index in [0.29, 0.717) is 0 Å². The SMILES string of the molecule is CCCc1cc(C(C)(C)C)cc(C(=O)OC)c1O. The Hall–Kier alpha value is -1.51. The average molecular weight is 250 g/mol. The highest BCUT2D eigenvalue weighted by Gasteiger charge is 2.21. The molecule has 1 aromatic rings. The smallest absolute Gasteiger partial charge is 0.341 e. The molecule has 1 rings (SSSR count). The summed E-state index contributed by atoms with van der Waals surface area (Å²) in [6.45, 7) is 8.28. The second kappa shape index (κ2) is 5.42. The van der Waals surface area contributed by atoms with E-state index >= 15 is 0 Å². The van der Waals surface area contributed by atoms with Crippen LogP contribution in [0.25, 0.3) is 0 Å². The number of phenols is 1. The number of aromatic hydroxyl groups is 1. The van der Waals surface area contributed by atoms with Crippen LogP contribution >= 0.6 is 0 Å². The molecular weight excluding hydrogens is 228 g/mol. The van der Waals surface area contributed by atoms with E-state index in [1.165, 1.54) is 7.11 Å². The topological polar surface area (TPSA) is 46.5 Å². The van der Waals surface area contributed by atoms with Crippen molar-refractivity contribution in [2.24, 2.45) is 0 Å². The van der Waals surface area contributed by atoms with Gasteiger partial charge in [0.25, 0.3) is 0 Å². The summed E-state index contributed by atoms with van der Waals surface area (Å²) < 4.78 is 4.72. The number of ether oxygens (including phenoxy) is 1. The summed E-state index contributed by atoms with van der Waals surface area (Å²) in [5.74, 6) is -0.437. The van der Waals surface area contributed by atoms with Gasteiger partial charge < -0.3 is 9.84 Å². The van der Waals surface area contributed by atoms with Crippen LogP contribution in [-0.4, -0.2) is 18.2 Å². The molecule has 0 fully saturated rings. The number of hydrogen-bond acceptors (Lipinski definition) is 3. The first-order valence-electron chi connectivity index (χ1n) is 6.26. The Morgan fingerprint density at radius 2 is 1.94 bits per heavy atom. The maximum Gasteiger partial charge on any atom is 0.341 e. The summed E-state index contributed by atoms with van der Waals surface area (Å²) >= 11 is 0. The van der Waals surface area contributed by atoms with E-state index in [1.807, 2.05) is 13.0 Å². The van der Waals surface area contributed by atoms with Crippen LogP contribution < -0.4 is 0 Å². The number of carbonyl (C=O) groups excluding carboxylic acids is 1. The summed E-state index contributed by atoms with van der Waals surface area (Å²) in [5.41, 5.74) is 2.03. The number of carbonyl (C=O) groups is 1. The molecule has 0 saturated heterocycles. The van der Waals surface area contributed by atoms with E-state index < -0.39 is 5.97 Å². The Morgan fingerprint density at radius 3 is 2.39 bits per heavy atom. The fourth-order valence-corrected chi connectivity index (χ4v) is 1.85. The molecule has 0 radical (unpaired) electrons. The van der Waals surface area contributed by atoms with Gasteiger partial charge in [-0.15, -0.1) is 0 Å². The van der Waals surface area contributed by atoms with Gasteiger partial charge in [-0.25, -0.2) is 4.79 Å². The predicted molar refractivity (Wildman–Crippen MR) is 72.1 cm³/mol. The van der Waals surface area contributed by atoms with Gasteiger partial charge in [0, 0.05) is 0 Å². The summed E-state index contributed by atoms with van der Waals surface area (Å²) in [7, 11) is 1.32. The highest BCUT2D eigenvalue weighted by atomic mass is 16.5. The summed E-state index contributed by atoms with van der Waals surface area (Å²) in [5, 5.41) is 10.1. The molecule has 3 heteroatoms. The van der Waals surface area contributed by atoms with Gasteiger partial charge in [-0.05, 0) is 29.0 Å². The molecule has 18 heavy (non-hydrogen) atoms. The van der Waals surface area contributed by atoms with Crippen LogP contribution in [0, 0.1) is 0 Å². The summed E-state index contributed by atoms with van der Waals surface area (Å²) in [4.78, 5) is 11.7. The Balaban J connectivity index is 3.41. The minimum Gasteiger partial charge on any atom is -0.507 e. The van der Waals surface area contributed by atoms with Crippen molar-refractivity contribution in [3.8, 4) is 5.75 Å². The molecule has 0 unspecified atom stereocenters. The van der Waals surface area contributed by atoms with E-state index in [1.54, 1.807) is 6.07 Å². The number of aryl methyl sites for hydroxylation is 1. The normalized spacial score (nSPS) is 11.4. The lowest BCUT2D eigenvalue weighted by Gasteiger charge is -2.22. The van der Waals surface area contributed by atoms with E-state index in [9.17, 15) is 9.90 Å². The lowest BCUT2D eigenvalue weighted by atomic mass is 9.84. The van der Waals surface area contributed by atoms with E-state index in [-0.39, 0.29) is 16.7 Å². The van der Waals surface area contributed by atoms with Crippen LogP contribution in [-0.2, 0) is 16.6 Å². The summed E-state index contributed by atoms with van der Waals surface area (Å²) in [6, 6.07) is 3.70. The Morgan fingerprint density at radius 1 is 1.33 bits per heavy atom. The van der Waals surface area contributed by atoms with Crippen LogP contribution in [0.2, 0.25) is 0 Å². The number of methoxy groups -OCH3 is 1. The maximum atomic E-state index is 11.7. The summed E-state index contributed by atoms with van der Waals surface area (Å²) in [6.07, 6.45) is 1.67. The molecule has 0 heterocycles. The van der Waals surface area contributed by atoms with Crippen molar-refractivity contribution < 1.29 is 14.6 Å². The molecule has 0 aliphatic heterocycles. The molecule has 100 valence electrons. The van der Waals surface area contributed by atoms with Crippen molar-refractivity contribution in [3.63, 3.8) is 0 Å². The molecule has 1 aromatic carbocycles. The molecule has 3 nitrogen and oxygen atoms in total. The maximum absolute atomic E-state index is 11.7. The molecule has 0 atom stereocenters. The van der Waals surface area contributed by atoms with Gasteiger partial charge in [0.15, 0.2) is 0 Å². The minimum absolute atomic E-state index is 0.0525. The van der Waals surface area contributed by atoms with Crippen LogP contribution in [0.4, 0.5) is 0 Å². The van der Waals surface area contributed by atoms with E-state index in [2.05, 4.69) is 20.8 Å². The lowest BCUT2D eigenvalue weighted by molar-refractivity contribution is 0.0597. The molecule has 1 N–H and O–H groups in total. The first-order chi connectivity index (χ1) is 8.31.